The third-order valence-electron chi connectivity index (χ3n) is 6.56. The summed E-state index contributed by atoms with van der Waals surface area (Å²) in [7, 11) is 4.05. The summed E-state index contributed by atoms with van der Waals surface area (Å²) in [5.74, 6) is 3.39. The van der Waals surface area contributed by atoms with Crippen LogP contribution in [0.5, 0.6) is 11.5 Å². The number of anilines is 2. The maximum atomic E-state index is 5.89. The molecule has 0 aliphatic heterocycles. The van der Waals surface area contributed by atoms with Gasteiger partial charge in [-0.3, -0.25) is 0 Å². The molecule has 1 aliphatic carbocycles. The van der Waals surface area contributed by atoms with Gasteiger partial charge < -0.3 is 20.3 Å². The van der Waals surface area contributed by atoms with E-state index in [2.05, 4.69) is 39.8 Å². The topological polar surface area (TPSA) is 62.3 Å². The van der Waals surface area contributed by atoms with E-state index in [0.29, 0.717) is 12.1 Å². The van der Waals surface area contributed by atoms with Crippen LogP contribution in [-0.4, -0.2) is 36.1 Å². The summed E-state index contributed by atoms with van der Waals surface area (Å²) < 4.78 is 5.89. The van der Waals surface area contributed by atoms with Crippen LogP contribution in [0.15, 0.2) is 78.9 Å². The summed E-state index contributed by atoms with van der Waals surface area (Å²) in [4.78, 5) is 11.6. The fraction of sp³-hybridized carbons (Fsp3) is 0.310. The van der Waals surface area contributed by atoms with Crippen LogP contribution < -0.4 is 20.3 Å². The lowest BCUT2D eigenvalue weighted by molar-refractivity contribution is 0.352. The fourth-order valence-corrected chi connectivity index (χ4v) is 4.65. The Morgan fingerprint density at radius 3 is 2.17 bits per heavy atom. The number of nitrogens with zero attached hydrogens (tertiary/aromatic N) is 3. The molecule has 0 saturated heterocycles. The number of hydrogen-bond donors (Lipinski definition) is 2. The molecule has 5 rings (SSSR count). The average molecular weight is 468 g/mol. The number of rotatable bonds is 8. The van der Waals surface area contributed by atoms with Gasteiger partial charge in [0.2, 0.25) is 5.95 Å². The summed E-state index contributed by atoms with van der Waals surface area (Å²) in [6.45, 7) is 0.869. The minimum atomic E-state index is 0.402. The van der Waals surface area contributed by atoms with Crippen molar-refractivity contribution >= 4 is 22.7 Å². The Hall–Kier alpha value is -3.64. The zero-order valence-corrected chi connectivity index (χ0v) is 20.4. The van der Waals surface area contributed by atoms with Crippen molar-refractivity contribution in [3.63, 3.8) is 0 Å². The molecule has 0 amide bonds. The highest BCUT2D eigenvalue weighted by Crippen LogP contribution is 2.27. The highest BCUT2D eigenvalue weighted by Gasteiger charge is 2.22. The second kappa shape index (κ2) is 10.7. The Kier molecular flexibility index (Phi) is 7.09. The molecule has 2 N–H and O–H groups in total. The molecule has 6 heteroatoms. The van der Waals surface area contributed by atoms with Crippen LogP contribution in [0.2, 0.25) is 0 Å². The molecular weight excluding hydrogens is 434 g/mol. The van der Waals surface area contributed by atoms with Gasteiger partial charge in [0.15, 0.2) is 0 Å². The molecule has 1 aromatic heterocycles. The van der Waals surface area contributed by atoms with Gasteiger partial charge in [0.1, 0.15) is 17.3 Å². The Balaban J connectivity index is 1.11. The van der Waals surface area contributed by atoms with E-state index < -0.39 is 0 Å². The zero-order chi connectivity index (χ0) is 24.0. The Bertz CT molecular complexity index is 1240. The van der Waals surface area contributed by atoms with E-state index in [1.54, 1.807) is 0 Å². The number of fused-ring (bicyclic) bond motifs is 1. The van der Waals surface area contributed by atoms with Crippen molar-refractivity contribution in [1.29, 1.82) is 0 Å². The number of para-hydroxylation sites is 2. The average Bonchev–Trinajstić information content (AvgIpc) is 2.89. The van der Waals surface area contributed by atoms with Gasteiger partial charge in [-0.15, -0.1) is 0 Å². The van der Waals surface area contributed by atoms with E-state index in [-0.39, 0.29) is 0 Å². The van der Waals surface area contributed by atoms with E-state index in [0.717, 1.165) is 66.4 Å². The SMILES string of the molecule is CN(C)c1nc(N[C@H]2CC[C@@H](NCc3ccc(Oc4ccccc4)cc3)CC2)nc2ccccc12. The van der Waals surface area contributed by atoms with Crippen LogP contribution in [0, 0.1) is 0 Å². The molecule has 3 aromatic carbocycles. The van der Waals surface area contributed by atoms with E-state index in [9.17, 15) is 0 Å². The molecular formula is C29H33N5O. The third-order valence-corrected chi connectivity index (χ3v) is 6.56. The fourth-order valence-electron chi connectivity index (χ4n) is 4.65. The van der Waals surface area contributed by atoms with Gasteiger partial charge in [0.25, 0.3) is 0 Å². The van der Waals surface area contributed by atoms with E-state index in [1.165, 1.54) is 5.56 Å². The van der Waals surface area contributed by atoms with Crippen molar-refractivity contribution in [1.82, 2.24) is 15.3 Å². The predicted octanol–water partition coefficient (Wildman–Crippen LogP) is 6.00. The Morgan fingerprint density at radius 1 is 0.771 bits per heavy atom. The molecule has 35 heavy (non-hydrogen) atoms. The minimum absolute atomic E-state index is 0.402. The van der Waals surface area contributed by atoms with Gasteiger partial charge in [0.05, 0.1) is 5.52 Å². The molecule has 0 atom stereocenters. The van der Waals surface area contributed by atoms with Gasteiger partial charge in [-0.1, -0.05) is 42.5 Å². The van der Waals surface area contributed by atoms with Gasteiger partial charge in [-0.05, 0) is 67.6 Å². The van der Waals surface area contributed by atoms with Crippen LogP contribution in [0.3, 0.4) is 0 Å². The molecule has 180 valence electrons. The lowest BCUT2D eigenvalue weighted by Gasteiger charge is -2.30. The third kappa shape index (κ3) is 5.89. The molecule has 1 saturated carbocycles. The van der Waals surface area contributed by atoms with Gasteiger partial charge in [-0.25, -0.2) is 4.98 Å². The van der Waals surface area contributed by atoms with E-state index in [4.69, 9.17) is 14.7 Å². The molecule has 0 radical (unpaired) electrons. The van der Waals surface area contributed by atoms with Crippen LogP contribution >= 0.6 is 0 Å². The Morgan fingerprint density at radius 2 is 1.43 bits per heavy atom. The maximum Gasteiger partial charge on any atom is 0.225 e. The minimum Gasteiger partial charge on any atom is -0.457 e. The molecule has 0 bridgehead atoms. The first-order valence-electron chi connectivity index (χ1n) is 12.4. The quantitative estimate of drug-likeness (QED) is 0.331. The summed E-state index contributed by atoms with van der Waals surface area (Å²) in [6, 6.07) is 27.4. The second-order valence-corrected chi connectivity index (χ2v) is 9.42. The van der Waals surface area contributed by atoms with Crippen LogP contribution in [-0.2, 0) is 6.54 Å². The van der Waals surface area contributed by atoms with E-state index in [1.807, 2.05) is 68.7 Å². The molecule has 1 fully saturated rings. The number of hydrogen-bond acceptors (Lipinski definition) is 6. The van der Waals surface area contributed by atoms with Crippen LogP contribution in [0.1, 0.15) is 31.2 Å². The van der Waals surface area contributed by atoms with Crippen molar-refractivity contribution in [3.8, 4) is 11.5 Å². The van der Waals surface area contributed by atoms with Gasteiger partial charge in [0, 0.05) is 38.1 Å². The van der Waals surface area contributed by atoms with Crippen molar-refractivity contribution in [2.45, 2.75) is 44.3 Å². The van der Waals surface area contributed by atoms with Crippen molar-refractivity contribution in [2.75, 3.05) is 24.3 Å². The molecule has 1 heterocycles. The summed E-state index contributed by atoms with van der Waals surface area (Å²) >= 11 is 0. The maximum absolute atomic E-state index is 5.89. The summed E-state index contributed by atoms with van der Waals surface area (Å²) in [6.07, 6.45) is 4.49. The number of ether oxygens (including phenoxy) is 1. The first-order valence-corrected chi connectivity index (χ1v) is 12.4. The van der Waals surface area contributed by atoms with Crippen molar-refractivity contribution in [2.24, 2.45) is 0 Å². The number of aromatic nitrogens is 2. The second-order valence-electron chi connectivity index (χ2n) is 9.42. The van der Waals surface area contributed by atoms with Gasteiger partial charge >= 0.3 is 0 Å². The monoisotopic (exact) mass is 467 g/mol. The molecule has 6 nitrogen and oxygen atoms in total. The lowest BCUT2D eigenvalue weighted by Crippen LogP contribution is -2.37. The first kappa shape index (κ1) is 23.1. The molecule has 1 aliphatic rings. The highest BCUT2D eigenvalue weighted by atomic mass is 16.5. The normalized spacial score (nSPS) is 17.8. The standard InChI is InChI=1S/C29H33N5O/c1-34(2)28-26-10-6-7-11-27(26)32-29(33-28)31-23-16-14-22(15-17-23)30-20-21-12-18-25(19-13-21)35-24-8-4-3-5-9-24/h3-13,18-19,22-23,30H,14-17,20H2,1-2H3,(H,31,32,33)/t22-,23+. The smallest absolute Gasteiger partial charge is 0.225 e. The van der Waals surface area contributed by atoms with Crippen molar-refractivity contribution < 1.29 is 4.74 Å². The van der Waals surface area contributed by atoms with Gasteiger partial charge in [-0.2, -0.15) is 4.98 Å². The molecule has 4 aromatic rings. The summed E-state index contributed by atoms with van der Waals surface area (Å²) in [5.41, 5.74) is 2.25. The first-order chi connectivity index (χ1) is 17.1. The number of nitrogens with one attached hydrogen (secondary N) is 2. The zero-order valence-electron chi connectivity index (χ0n) is 20.4. The highest BCUT2D eigenvalue weighted by molar-refractivity contribution is 5.90. The van der Waals surface area contributed by atoms with Crippen LogP contribution in [0.4, 0.5) is 11.8 Å². The summed E-state index contributed by atoms with van der Waals surface area (Å²) in [5, 5.41) is 8.41. The molecule has 0 unspecified atom stereocenters. The molecule has 0 spiro atoms. The number of benzene rings is 3. The Labute approximate surface area is 207 Å². The van der Waals surface area contributed by atoms with Crippen LogP contribution in [0.25, 0.3) is 10.9 Å². The largest absolute Gasteiger partial charge is 0.457 e. The van der Waals surface area contributed by atoms with Crippen molar-refractivity contribution in [3.05, 3.63) is 84.4 Å². The van der Waals surface area contributed by atoms with E-state index >= 15 is 0 Å². The predicted molar refractivity (Wildman–Crippen MR) is 143 cm³/mol. The lowest BCUT2D eigenvalue weighted by atomic mass is 9.91.